The van der Waals surface area contributed by atoms with Crippen LogP contribution < -0.4 is 0 Å². The molecule has 1 heteroatoms. The van der Waals surface area contributed by atoms with Crippen molar-refractivity contribution in [3.05, 3.63) is 12.7 Å². The summed E-state index contributed by atoms with van der Waals surface area (Å²) in [6.45, 7) is 3.37. The summed E-state index contributed by atoms with van der Waals surface area (Å²) in [5.74, 6) is 0. The fraction of sp³-hybridized carbons (Fsp3) is 0.333. The van der Waals surface area contributed by atoms with Gasteiger partial charge < -0.3 is 0 Å². The minimum absolute atomic E-state index is 0.102. The summed E-state index contributed by atoms with van der Waals surface area (Å²) < 4.78 is 6.71. The van der Waals surface area contributed by atoms with Gasteiger partial charge in [0, 0.05) is 0 Å². The first-order valence-corrected chi connectivity index (χ1v) is 2.24. The third-order valence-corrected chi connectivity index (χ3v) is 0.612. The van der Waals surface area contributed by atoms with E-state index in [0.717, 1.165) is 0 Å². The molecule has 4 heavy (non-hydrogen) atoms. The van der Waals surface area contributed by atoms with Crippen molar-refractivity contribution in [1.29, 1.82) is 0 Å². The Bertz CT molecular complexity index is 33.9. The van der Waals surface area contributed by atoms with Gasteiger partial charge >= 0.3 is 35.8 Å². The zero-order valence-corrected chi connectivity index (χ0v) is 4.46. The number of allylic oxidation sites excluding steroid dienone is 1. The molecular weight excluding hydrogens is 109 g/mol. The van der Waals surface area contributed by atoms with Gasteiger partial charge in [0.15, 0.2) is 0 Å². The second-order valence-corrected chi connectivity index (χ2v) is 1.10. The molecule has 21 valence electrons. The van der Waals surface area contributed by atoms with Gasteiger partial charge in [0.2, 0.25) is 0 Å². The average molecular weight is 115 g/mol. The van der Waals surface area contributed by atoms with E-state index in [-0.39, 0.29) is 5.23 Å². The van der Waals surface area contributed by atoms with Gasteiger partial charge in [-0.05, 0) is 0 Å². The van der Waals surface area contributed by atoms with Crippen molar-refractivity contribution in [3.63, 3.8) is 0 Å². The molecule has 0 amide bonds. The number of hydrogen-bond acceptors (Lipinski definition) is 0. The molecule has 0 bridgehead atoms. The van der Waals surface area contributed by atoms with Crippen LogP contribution in [0.2, 0.25) is 5.23 Å². The van der Waals surface area contributed by atoms with Gasteiger partial charge in [0.25, 0.3) is 0 Å². The van der Waals surface area contributed by atoms with Crippen LogP contribution in [0.3, 0.4) is 0 Å². The summed E-state index contributed by atoms with van der Waals surface area (Å²) in [5.41, 5.74) is 0. The summed E-state index contributed by atoms with van der Waals surface area (Å²) in [6, 6.07) is 0. The van der Waals surface area contributed by atoms with Crippen LogP contribution >= 0.6 is 0 Å². The molecule has 0 saturated carbocycles. The monoisotopic (exact) mass is 116 g/mol. The van der Waals surface area contributed by atoms with Crippen LogP contribution in [0.4, 0.5) is 0 Å². The van der Waals surface area contributed by atoms with Gasteiger partial charge in [-0.15, -0.1) is 0 Å². The number of hydrogen-bond donors (Lipinski definition) is 0. The first-order chi connectivity index (χ1) is 2.27. The topological polar surface area (TPSA) is 0 Å². The molecule has 0 fully saturated rings. The molecule has 0 aromatic rings. The quantitative estimate of drug-likeness (QED) is 0.349. The molecular formula is C3H5Ge. The first kappa shape index (κ1) is 2.52. The molecule has 0 aromatic heterocycles. The predicted octanol–water partition coefficient (Wildman–Crippen LogP) is 0.759. The first-order valence-electron chi connectivity index (χ1n) is 1.61. The van der Waals surface area contributed by atoms with Gasteiger partial charge in [-0.25, -0.2) is 0 Å². The Morgan fingerprint density at radius 1 is 2.50 bits per heavy atom. The molecule has 0 aromatic carbocycles. The molecule has 0 rings (SSSR count). The van der Waals surface area contributed by atoms with Crippen LogP contribution in [0.1, 0.15) is 1.37 Å². The van der Waals surface area contributed by atoms with Crippen molar-refractivity contribution in [1.82, 2.24) is 0 Å². The molecule has 0 heterocycles. The van der Waals surface area contributed by atoms with Crippen molar-refractivity contribution in [3.8, 4) is 0 Å². The minimum atomic E-state index is -0.102. The Morgan fingerprint density at radius 2 is 2.75 bits per heavy atom. The Morgan fingerprint density at radius 3 is 2.75 bits per heavy atom. The van der Waals surface area contributed by atoms with Crippen LogP contribution in [-0.4, -0.2) is 16.5 Å². The van der Waals surface area contributed by atoms with Gasteiger partial charge in [0.05, 0.1) is 0 Å². The summed E-state index contributed by atoms with van der Waals surface area (Å²) >= 11 is 1.77. The molecule has 0 nitrogen and oxygen atoms in total. The van der Waals surface area contributed by atoms with E-state index in [1.807, 2.05) is 0 Å². The Hall–Kier alpha value is 0.283. The second kappa shape index (κ2) is 3.28. The molecule has 0 N–H and O–H groups in total. The van der Waals surface area contributed by atoms with E-state index in [9.17, 15) is 0 Å². The maximum atomic E-state index is 6.71. The van der Waals surface area contributed by atoms with E-state index in [1.54, 1.807) is 22.6 Å². The van der Waals surface area contributed by atoms with Crippen LogP contribution in [0.5, 0.6) is 0 Å². The van der Waals surface area contributed by atoms with Crippen molar-refractivity contribution in [2.45, 2.75) is 5.23 Å². The van der Waals surface area contributed by atoms with E-state index in [4.69, 9.17) is 1.37 Å². The zero-order valence-electron chi connectivity index (χ0n) is 3.36. The molecule has 0 saturated heterocycles. The summed E-state index contributed by atoms with van der Waals surface area (Å²) in [7, 11) is 0. The molecule has 1 atom stereocenters. The SMILES string of the molecule is [2H][CH]([Ge])C=C. The van der Waals surface area contributed by atoms with E-state index < -0.39 is 0 Å². The van der Waals surface area contributed by atoms with Crippen molar-refractivity contribution >= 4 is 16.5 Å². The zero-order chi connectivity index (χ0) is 4.28. The van der Waals surface area contributed by atoms with E-state index in [2.05, 4.69) is 6.58 Å². The summed E-state index contributed by atoms with van der Waals surface area (Å²) in [5, 5.41) is -0.102. The van der Waals surface area contributed by atoms with Gasteiger partial charge in [0.1, 0.15) is 0 Å². The normalized spacial score (nSPS) is 17.8. The molecule has 0 spiro atoms. The molecule has 3 radical (unpaired) electrons. The van der Waals surface area contributed by atoms with Gasteiger partial charge in [-0.2, -0.15) is 0 Å². The van der Waals surface area contributed by atoms with Crippen LogP contribution in [0, 0.1) is 0 Å². The van der Waals surface area contributed by atoms with Gasteiger partial charge in [-0.1, -0.05) is 0 Å². The predicted molar refractivity (Wildman–Crippen MR) is 20.8 cm³/mol. The maximum absolute atomic E-state index is 6.71. The van der Waals surface area contributed by atoms with E-state index in [0.29, 0.717) is 0 Å². The Kier molecular flexibility index (Phi) is 2.07. The van der Waals surface area contributed by atoms with Crippen LogP contribution in [-0.2, 0) is 0 Å². The van der Waals surface area contributed by atoms with E-state index >= 15 is 0 Å². The number of rotatable bonds is 1. The van der Waals surface area contributed by atoms with Crippen molar-refractivity contribution in [2.24, 2.45) is 0 Å². The van der Waals surface area contributed by atoms with Crippen molar-refractivity contribution in [2.75, 3.05) is 0 Å². The summed E-state index contributed by atoms with van der Waals surface area (Å²) in [6.07, 6.45) is 1.58. The van der Waals surface area contributed by atoms with E-state index in [1.165, 1.54) is 0 Å². The summed E-state index contributed by atoms with van der Waals surface area (Å²) in [4.78, 5) is 0. The third-order valence-electron chi connectivity index (χ3n) is 0.118. The van der Waals surface area contributed by atoms with Gasteiger partial charge in [-0.3, -0.25) is 0 Å². The van der Waals surface area contributed by atoms with Crippen LogP contribution in [0.15, 0.2) is 12.7 Å². The molecule has 0 aliphatic heterocycles. The fourth-order valence-electron chi connectivity index (χ4n) is 0. The van der Waals surface area contributed by atoms with Crippen LogP contribution in [0.25, 0.3) is 0 Å². The molecule has 1 unspecified atom stereocenters. The molecule has 0 aliphatic rings. The Labute approximate surface area is 36.5 Å². The molecule has 0 aliphatic carbocycles. The third kappa shape index (κ3) is 2.28. The van der Waals surface area contributed by atoms with Crippen molar-refractivity contribution < 1.29 is 1.37 Å². The Balaban J connectivity index is 2.83. The standard InChI is InChI=1S/C3H5Ge/c1-2-3-4/h2H,1,3H2/i3D. The second-order valence-electron chi connectivity index (χ2n) is 0.402. The average Bonchev–Trinajstić information content (AvgIpc) is 1.38. The fourth-order valence-corrected chi connectivity index (χ4v) is 0.